The molecule has 0 fully saturated rings. The normalized spacial score (nSPS) is 9.00. The summed E-state index contributed by atoms with van der Waals surface area (Å²) in [6, 6.07) is 0. The minimum atomic E-state index is 0.980. The van der Waals surface area contributed by atoms with E-state index in [2.05, 4.69) is 63.7 Å². The fourth-order valence-electron chi connectivity index (χ4n) is 0.177. The molecule has 4 heteroatoms. The van der Waals surface area contributed by atoms with E-state index in [1.807, 2.05) is 0 Å². The molecule has 0 aromatic rings. The van der Waals surface area contributed by atoms with Gasteiger partial charge in [-0.25, -0.2) is 0 Å². The third-order valence-electron chi connectivity index (χ3n) is 0.519. The highest BCUT2D eigenvalue weighted by Crippen LogP contribution is 2.26. The fraction of sp³-hybridized carbons (Fsp3) is 0.500. The molecule has 0 aliphatic carbocycles. The Morgan fingerprint density at radius 1 is 1.12 bits per heavy atom. The Morgan fingerprint density at radius 3 is 1.75 bits per heavy atom. The lowest BCUT2D eigenvalue weighted by Gasteiger charge is -1.91. The van der Waals surface area contributed by atoms with Gasteiger partial charge in [-0.2, -0.15) is 0 Å². The van der Waals surface area contributed by atoms with Gasteiger partial charge in [0.2, 0.25) is 0 Å². The first kappa shape index (κ1) is 9.66. The van der Waals surface area contributed by atoms with Crippen LogP contribution in [0.4, 0.5) is 0 Å². The van der Waals surface area contributed by atoms with Gasteiger partial charge in [-0.3, -0.25) is 0 Å². The van der Waals surface area contributed by atoms with E-state index in [0.29, 0.717) is 0 Å². The maximum Gasteiger partial charge on any atom is 0.0705 e. The van der Waals surface area contributed by atoms with Gasteiger partial charge < -0.3 is 0 Å². The van der Waals surface area contributed by atoms with Crippen molar-refractivity contribution in [2.75, 3.05) is 5.33 Å². The Bertz CT molecular complexity index is 92.2. The van der Waals surface area contributed by atoms with E-state index in [4.69, 9.17) is 0 Å². The van der Waals surface area contributed by atoms with Crippen LogP contribution in [0, 0.1) is 0 Å². The first-order valence-corrected chi connectivity index (χ1v) is 5.44. The molecule has 0 atom stereocenters. The van der Waals surface area contributed by atoms with Crippen LogP contribution in [0.5, 0.6) is 0 Å². The molecule has 0 rings (SSSR count). The molecule has 8 heavy (non-hydrogen) atoms. The predicted octanol–water partition coefficient (Wildman–Crippen LogP) is 4.13. The molecule has 0 amide bonds. The summed E-state index contributed by atoms with van der Waals surface area (Å²) in [4.78, 5) is 0. The maximum atomic E-state index is 3.36. The van der Waals surface area contributed by atoms with Crippen molar-refractivity contribution < 1.29 is 0 Å². The molecule has 0 aliphatic rings. The molecule has 0 aromatic heterocycles. The van der Waals surface area contributed by atoms with Crippen LogP contribution in [-0.4, -0.2) is 5.33 Å². The quantitative estimate of drug-likeness (QED) is 0.640. The van der Waals surface area contributed by atoms with Crippen LogP contribution < -0.4 is 0 Å². The number of rotatable bonds is 2. The standard InChI is InChI=1S/C4H4Br4/c5-2-1-3(6)4(7)8/h1-2H2. The zero-order valence-electron chi connectivity index (χ0n) is 3.93. The van der Waals surface area contributed by atoms with Gasteiger partial charge >= 0.3 is 0 Å². The van der Waals surface area contributed by atoms with Crippen LogP contribution in [-0.2, 0) is 0 Å². The van der Waals surface area contributed by atoms with Crippen molar-refractivity contribution in [1.29, 1.82) is 0 Å². The number of allylic oxidation sites excluding steroid dienone is 1. The monoisotopic (exact) mass is 368 g/mol. The SMILES string of the molecule is BrCCC(Br)=C(Br)Br. The molecule has 0 N–H and O–H groups in total. The van der Waals surface area contributed by atoms with Crippen molar-refractivity contribution >= 4 is 63.7 Å². The first-order chi connectivity index (χ1) is 3.68. The van der Waals surface area contributed by atoms with Crippen LogP contribution in [0.3, 0.4) is 0 Å². The van der Waals surface area contributed by atoms with Crippen LogP contribution in [0.2, 0.25) is 0 Å². The van der Waals surface area contributed by atoms with Crippen LogP contribution in [0.15, 0.2) is 7.87 Å². The highest BCUT2D eigenvalue weighted by Gasteiger charge is 1.93. The third-order valence-corrected chi connectivity index (χ3v) is 3.73. The molecule has 0 aromatic carbocycles. The van der Waals surface area contributed by atoms with E-state index in [1.54, 1.807) is 0 Å². The third kappa shape index (κ3) is 4.53. The number of hydrogen-bond donors (Lipinski definition) is 0. The van der Waals surface area contributed by atoms with Gasteiger partial charge in [0.25, 0.3) is 0 Å². The molecule has 0 spiro atoms. The summed E-state index contributed by atoms with van der Waals surface area (Å²) in [5.41, 5.74) is 0. The van der Waals surface area contributed by atoms with Gasteiger partial charge in [-0.05, 0) is 38.3 Å². The molecule has 0 heterocycles. The Morgan fingerprint density at radius 2 is 1.62 bits per heavy atom. The Balaban J connectivity index is 3.62. The van der Waals surface area contributed by atoms with Gasteiger partial charge in [-0.1, -0.05) is 31.9 Å². The summed E-state index contributed by atoms with van der Waals surface area (Å²) < 4.78 is 2.14. The molecular formula is C4H4Br4. The second-order valence-corrected chi connectivity index (χ2v) is 5.50. The van der Waals surface area contributed by atoms with Crippen molar-refractivity contribution in [3.05, 3.63) is 7.87 Å². The fourth-order valence-corrected chi connectivity index (χ4v) is 1.70. The number of halogens is 4. The van der Waals surface area contributed by atoms with Gasteiger partial charge in [0.05, 0.1) is 3.39 Å². The average molecular weight is 372 g/mol. The number of hydrogen-bond acceptors (Lipinski definition) is 0. The van der Waals surface area contributed by atoms with Gasteiger partial charge in [0.1, 0.15) is 0 Å². The zero-order valence-corrected chi connectivity index (χ0v) is 10.3. The highest BCUT2D eigenvalue weighted by molar-refractivity contribution is 9.29. The van der Waals surface area contributed by atoms with E-state index in [0.717, 1.165) is 19.6 Å². The molecule has 0 bridgehead atoms. The van der Waals surface area contributed by atoms with Gasteiger partial charge in [-0.15, -0.1) is 0 Å². The Labute approximate surface area is 82.6 Å². The van der Waals surface area contributed by atoms with E-state index < -0.39 is 0 Å². The molecule has 0 saturated carbocycles. The second-order valence-electron chi connectivity index (χ2n) is 1.10. The van der Waals surface area contributed by atoms with E-state index >= 15 is 0 Å². The maximum absolute atomic E-state index is 3.36. The van der Waals surface area contributed by atoms with Crippen LogP contribution in [0.25, 0.3) is 0 Å². The van der Waals surface area contributed by atoms with Crippen molar-refractivity contribution in [2.24, 2.45) is 0 Å². The van der Waals surface area contributed by atoms with E-state index in [-0.39, 0.29) is 0 Å². The topological polar surface area (TPSA) is 0 Å². The molecule has 48 valence electrons. The molecule has 0 aliphatic heterocycles. The van der Waals surface area contributed by atoms with E-state index in [1.165, 1.54) is 0 Å². The van der Waals surface area contributed by atoms with Crippen LogP contribution >= 0.6 is 63.7 Å². The summed E-state index contributed by atoms with van der Waals surface area (Å²) in [5.74, 6) is 0. The molecule has 0 nitrogen and oxygen atoms in total. The summed E-state index contributed by atoms with van der Waals surface area (Å²) in [6.07, 6.45) is 1.01. The molecule has 0 unspecified atom stereocenters. The van der Waals surface area contributed by atoms with Gasteiger partial charge in [0.15, 0.2) is 0 Å². The smallest absolute Gasteiger partial charge is 0.0705 e. The van der Waals surface area contributed by atoms with Gasteiger partial charge in [0, 0.05) is 9.81 Å². The van der Waals surface area contributed by atoms with Crippen LogP contribution in [0.1, 0.15) is 6.42 Å². The minimum absolute atomic E-state index is 0.980. The van der Waals surface area contributed by atoms with Crippen molar-refractivity contribution in [1.82, 2.24) is 0 Å². The Kier molecular flexibility index (Phi) is 6.58. The van der Waals surface area contributed by atoms with Crippen molar-refractivity contribution in [2.45, 2.75) is 6.42 Å². The predicted molar refractivity (Wildman–Crippen MR) is 52.2 cm³/mol. The lowest BCUT2D eigenvalue weighted by molar-refractivity contribution is 1.25. The summed E-state index contributed by atoms with van der Waals surface area (Å²) >= 11 is 13.2. The summed E-state index contributed by atoms with van der Waals surface area (Å²) in [6.45, 7) is 0. The lowest BCUT2D eigenvalue weighted by Crippen LogP contribution is -1.72. The summed E-state index contributed by atoms with van der Waals surface area (Å²) in [7, 11) is 0. The highest BCUT2D eigenvalue weighted by atomic mass is 79.9. The lowest BCUT2D eigenvalue weighted by atomic mass is 10.5. The zero-order chi connectivity index (χ0) is 6.57. The van der Waals surface area contributed by atoms with Crippen molar-refractivity contribution in [3.63, 3.8) is 0 Å². The second kappa shape index (κ2) is 5.45. The largest absolute Gasteiger partial charge is 0.0924 e. The van der Waals surface area contributed by atoms with Crippen molar-refractivity contribution in [3.8, 4) is 0 Å². The molecule has 0 radical (unpaired) electrons. The molecular weight excluding hydrogens is 368 g/mol. The first-order valence-electron chi connectivity index (χ1n) is 1.94. The number of alkyl halides is 1. The van der Waals surface area contributed by atoms with E-state index in [9.17, 15) is 0 Å². The average Bonchev–Trinajstić information content (AvgIpc) is 1.67. The minimum Gasteiger partial charge on any atom is -0.0924 e. The molecule has 0 saturated heterocycles. The Hall–Kier alpha value is 1.66. The summed E-state index contributed by atoms with van der Waals surface area (Å²) in [5, 5.41) is 0.980.